The number of carbonyl (C=O) groups excluding carboxylic acids is 1. The highest BCUT2D eigenvalue weighted by Crippen LogP contribution is 2.19. The van der Waals surface area contributed by atoms with Gasteiger partial charge in [-0.2, -0.15) is 0 Å². The average Bonchev–Trinajstić information content (AvgIpc) is 2.48. The van der Waals surface area contributed by atoms with E-state index in [4.69, 9.17) is 9.47 Å². The minimum absolute atomic E-state index is 0.107. The minimum Gasteiger partial charge on any atom is -0.471 e. The number of hydrogen-bond donors (Lipinski definition) is 1. The van der Waals surface area contributed by atoms with Crippen molar-refractivity contribution in [2.45, 2.75) is 32.9 Å². The number of ether oxygens (including phenoxy) is 2. The van der Waals surface area contributed by atoms with Gasteiger partial charge < -0.3 is 19.7 Å². The van der Waals surface area contributed by atoms with Gasteiger partial charge in [0.1, 0.15) is 5.75 Å². The molecule has 0 aliphatic carbocycles. The first-order chi connectivity index (χ1) is 10.1. The SMILES string of the molecule is CC(NC(=O)N1CCOCC1)Oc1ccc(C(C)C)cc1. The molecule has 0 saturated carbocycles. The highest BCUT2D eigenvalue weighted by molar-refractivity contribution is 5.74. The van der Waals surface area contributed by atoms with Gasteiger partial charge in [0.05, 0.1) is 13.2 Å². The van der Waals surface area contributed by atoms with Gasteiger partial charge in [-0.3, -0.25) is 0 Å². The van der Waals surface area contributed by atoms with E-state index in [0.29, 0.717) is 32.2 Å². The van der Waals surface area contributed by atoms with Crippen molar-refractivity contribution < 1.29 is 14.3 Å². The summed E-state index contributed by atoms with van der Waals surface area (Å²) in [5, 5.41) is 2.84. The first-order valence-electron chi connectivity index (χ1n) is 7.46. The molecule has 1 fully saturated rings. The fourth-order valence-electron chi connectivity index (χ4n) is 2.20. The van der Waals surface area contributed by atoms with Crippen LogP contribution in [-0.4, -0.2) is 43.5 Å². The highest BCUT2D eigenvalue weighted by Gasteiger charge is 2.18. The third-order valence-electron chi connectivity index (χ3n) is 3.48. The smallest absolute Gasteiger partial charge is 0.320 e. The molecular weight excluding hydrogens is 268 g/mol. The molecular formula is C16H24N2O3. The lowest BCUT2D eigenvalue weighted by Gasteiger charge is -2.28. The summed E-state index contributed by atoms with van der Waals surface area (Å²) in [6.45, 7) is 8.58. The van der Waals surface area contributed by atoms with Crippen LogP contribution in [0.25, 0.3) is 0 Å². The summed E-state index contributed by atoms with van der Waals surface area (Å²) in [4.78, 5) is 13.8. The summed E-state index contributed by atoms with van der Waals surface area (Å²) in [7, 11) is 0. The first-order valence-corrected chi connectivity index (χ1v) is 7.46. The lowest BCUT2D eigenvalue weighted by atomic mass is 10.0. The fourth-order valence-corrected chi connectivity index (χ4v) is 2.20. The molecule has 2 rings (SSSR count). The molecule has 1 N–H and O–H groups in total. The molecule has 1 atom stereocenters. The Morgan fingerprint density at radius 1 is 1.19 bits per heavy atom. The molecule has 0 radical (unpaired) electrons. The zero-order valence-electron chi connectivity index (χ0n) is 13.0. The Kier molecular flexibility index (Phi) is 5.44. The highest BCUT2D eigenvalue weighted by atomic mass is 16.5. The molecule has 116 valence electrons. The topological polar surface area (TPSA) is 50.8 Å². The monoisotopic (exact) mass is 292 g/mol. The van der Waals surface area contributed by atoms with Gasteiger partial charge in [0.25, 0.3) is 0 Å². The van der Waals surface area contributed by atoms with Gasteiger partial charge in [-0.1, -0.05) is 26.0 Å². The second-order valence-corrected chi connectivity index (χ2v) is 5.53. The summed E-state index contributed by atoms with van der Waals surface area (Å²) >= 11 is 0. The Morgan fingerprint density at radius 3 is 2.38 bits per heavy atom. The van der Waals surface area contributed by atoms with E-state index >= 15 is 0 Å². The number of amides is 2. The van der Waals surface area contributed by atoms with Crippen molar-refractivity contribution >= 4 is 6.03 Å². The second-order valence-electron chi connectivity index (χ2n) is 5.53. The number of urea groups is 1. The van der Waals surface area contributed by atoms with E-state index < -0.39 is 0 Å². The van der Waals surface area contributed by atoms with E-state index in [1.54, 1.807) is 4.90 Å². The molecule has 1 aliphatic heterocycles. The number of hydrogen-bond acceptors (Lipinski definition) is 3. The van der Waals surface area contributed by atoms with Gasteiger partial charge in [-0.15, -0.1) is 0 Å². The van der Waals surface area contributed by atoms with Crippen molar-refractivity contribution in [1.82, 2.24) is 10.2 Å². The van der Waals surface area contributed by atoms with Gasteiger partial charge >= 0.3 is 6.03 Å². The van der Waals surface area contributed by atoms with Gasteiger partial charge in [0, 0.05) is 13.1 Å². The number of nitrogens with one attached hydrogen (secondary N) is 1. The summed E-state index contributed by atoms with van der Waals surface area (Å²) < 4.78 is 10.9. The van der Waals surface area contributed by atoms with Crippen LogP contribution in [0, 0.1) is 0 Å². The molecule has 21 heavy (non-hydrogen) atoms. The molecule has 0 aromatic heterocycles. The molecule has 5 heteroatoms. The molecule has 2 amide bonds. The maximum Gasteiger partial charge on any atom is 0.320 e. The normalized spacial score (nSPS) is 16.7. The van der Waals surface area contributed by atoms with Crippen molar-refractivity contribution in [3.05, 3.63) is 29.8 Å². The fraction of sp³-hybridized carbons (Fsp3) is 0.562. The van der Waals surface area contributed by atoms with Crippen LogP contribution in [0.15, 0.2) is 24.3 Å². The van der Waals surface area contributed by atoms with Gasteiger partial charge in [-0.25, -0.2) is 4.79 Å². The summed E-state index contributed by atoms with van der Waals surface area (Å²) in [5.74, 6) is 1.26. The van der Waals surface area contributed by atoms with Gasteiger partial charge in [0.15, 0.2) is 6.23 Å². The number of carbonyl (C=O) groups is 1. The summed E-state index contributed by atoms with van der Waals surface area (Å²) in [5.41, 5.74) is 1.27. The zero-order chi connectivity index (χ0) is 15.2. The van der Waals surface area contributed by atoms with Crippen LogP contribution in [0.2, 0.25) is 0 Å². The van der Waals surface area contributed by atoms with Crippen LogP contribution in [-0.2, 0) is 4.74 Å². The lowest BCUT2D eigenvalue weighted by molar-refractivity contribution is 0.0493. The Bertz CT molecular complexity index is 453. The van der Waals surface area contributed by atoms with Gasteiger partial charge in [0.2, 0.25) is 0 Å². The standard InChI is InChI=1S/C16H24N2O3/c1-12(2)14-4-6-15(7-5-14)21-13(3)17-16(19)18-8-10-20-11-9-18/h4-7,12-13H,8-11H2,1-3H3,(H,17,19). The van der Waals surface area contributed by atoms with Crippen molar-refractivity contribution in [3.8, 4) is 5.75 Å². The van der Waals surface area contributed by atoms with E-state index in [1.807, 2.05) is 19.1 Å². The molecule has 1 heterocycles. The van der Waals surface area contributed by atoms with Crippen LogP contribution < -0.4 is 10.1 Å². The van der Waals surface area contributed by atoms with E-state index in [0.717, 1.165) is 5.75 Å². The maximum atomic E-state index is 12.0. The quantitative estimate of drug-likeness (QED) is 0.868. The third-order valence-corrected chi connectivity index (χ3v) is 3.48. The van der Waals surface area contributed by atoms with Crippen molar-refractivity contribution in [1.29, 1.82) is 0 Å². The predicted octanol–water partition coefficient (Wildman–Crippen LogP) is 2.58. The molecule has 1 unspecified atom stereocenters. The van der Waals surface area contributed by atoms with Crippen LogP contribution in [0.5, 0.6) is 5.75 Å². The van der Waals surface area contributed by atoms with E-state index in [9.17, 15) is 4.79 Å². The summed E-state index contributed by atoms with van der Waals surface area (Å²) in [6, 6.07) is 7.87. The van der Waals surface area contributed by atoms with E-state index in [1.165, 1.54) is 5.56 Å². The van der Waals surface area contributed by atoms with Crippen molar-refractivity contribution in [3.63, 3.8) is 0 Å². The van der Waals surface area contributed by atoms with Crippen LogP contribution in [0.1, 0.15) is 32.3 Å². The minimum atomic E-state index is -0.370. The first kappa shape index (κ1) is 15.6. The second kappa shape index (κ2) is 7.31. The largest absolute Gasteiger partial charge is 0.471 e. The summed E-state index contributed by atoms with van der Waals surface area (Å²) in [6.07, 6.45) is -0.370. The molecule has 0 spiro atoms. The Hall–Kier alpha value is -1.75. The van der Waals surface area contributed by atoms with E-state index in [2.05, 4.69) is 31.3 Å². The predicted molar refractivity (Wildman–Crippen MR) is 81.5 cm³/mol. The number of benzene rings is 1. The lowest BCUT2D eigenvalue weighted by Crippen LogP contribution is -2.49. The molecule has 0 bridgehead atoms. The Morgan fingerprint density at radius 2 is 1.81 bits per heavy atom. The Balaban J connectivity index is 1.83. The van der Waals surface area contributed by atoms with Crippen LogP contribution >= 0.6 is 0 Å². The van der Waals surface area contributed by atoms with Crippen molar-refractivity contribution in [2.24, 2.45) is 0 Å². The number of rotatable bonds is 4. The zero-order valence-corrected chi connectivity index (χ0v) is 13.0. The van der Waals surface area contributed by atoms with E-state index in [-0.39, 0.29) is 12.3 Å². The van der Waals surface area contributed by atoms with Crippen molar-refractivity contribution in [2.75, 3.05) is 26.3 Å². The van der Waals surface area contributed by atoms with Crippen LogP contribution in [0.3, 0.4) is 0 Å². The van der Waals surface area contributed by atoms with Gasteiger partial charge in [-0.05, 0) is 30.5 Å². The average molecular weight is 292 g/mol. The maximum absolute atomic E-state index is 12.0. The molecule has 1 aromatic rings. The number of nitrogens with zero attached hydrogens (tertiary/aromatic N) is 1. The number of morpholine rings is 1. The molecule has 1 aliphatic rings. The molecule has 5 nitrogen and oxygen atoms in total. The molecule has 1 saturated heterocycles. The molecule has 1 aromatic carbocycles. The Labute approximate surface area is 126 Å². The third kappa shape index (κ3) is 4.63. The van der Waals surface area contributed by atoms with Crippen LogP contribution in [0.4, 0.5) is 4.79 Å².